The highest BCUT2D eigenvalue weighted by Crippen LogP contribution is 2.28. The smallest absolute Gasteiger partial charge is 0.318 e. The Hall–Kier alpha value is -2.78. The first-order chi connectivity index (χ1) is 9.77. The molecule has 10 heteroatoms. The zero-order valence-electron chi connectivity index (χ0n) is 10.7. The standard InChI is InChI=1S/C11H11FN2O7/c1-21-5-2-7(12)9(13-3-5)6(4-14(19)20)8(10(15)16)11(17)18/h2-3,6,8H,4H2,1H3,(H,15,16)(H,17,18)/t6-/m1/s1. The van der Waals surface area contributed by atoms with E-state index in [-0.39, 0.29) is 5.75 Å². The number of aliphatic carboxylic acids is 2. The zero-order valence-corrected chi connectivity index (χ0v) is 10.7. The van der Waals surface area contributed by atoms with Crippen LogP contribution in [0, 0.1) is 21.8 Å². The van der Waals surface area contributed by atoms with Gasteiger partial charge in [-0.05, 0) is 0 Å². The summed E-state index contributed by atoms with van der Waals surface area (Å²) >= 11 is 0. The normalized spacial score (nSPS) is 12.0. The Morgan fingerprint density at radius 1 is 1.48 bits per heavy atom. The molecule has 1 atom stereocenters. The van der Waals surface area contributed by atoms with E-state index in [4.69, 9.17) is 14.9 Å². The summed E-state index contributed by atoms with van der Waals surface area (Å²) in [6.07, 6.45) is 1.02. The number of ether oxygens (including phenoxy) is 1. The van der Waals surface area contributed by atoms with E-state index in [2.05, 4.69) is 4.98 Å². The molecule has 9 nitrogen and oxygen atoms in total. The van der Waals surface area contributed by atoms with Gasteiger partial charge in [-0.1, -0.05) is 0 Å². The summed E-state index contributed by atoms with van der Waals surface area (Å²) in [7, 11) is 1.24. The number of pyridine rings is 1. The molecular weight excluding hydrogens is 291 g/mol. The Labute approximate surface area is 117 Å². The van der Waals surface area contributed by atoms with E-state index in [9.17, 15) is 24.1 Å². The lowest BCUT2D eigenvalue weighted by Crippen LogP contribution is -2.34. The summed E-state index contributed by atoms with van der Waals surface area (Å²) in [6.45, 7) is -1.08. The number of nitro groups is 1. The first-order valence-corrected chi connectivity index (χ1v) is 5.54. The summed E-state index contributed by atoms with van der Waals surface area (Å²) < 4.78 is 18.6. The molecule has 1 heterocycles. The number of carbonyl (C=O) groups is 2. The van der Waals surface area contributed by atoms with Gasteiger partial charge in [-0.3, -0.25) is 24.7 Å². The average molecular weight is 302 g/mol. The Morgan fingerprint density at radius 3 is 2.43 bits per heavy atom. The average Bonchev–Trinajstić information content (AvgIpc) is 2.36. The molecule has 0 aliphatic rings. The fraction of sp³-hybridized carbons (Fsp3) is 0.364. The van der Waals surface area contributed by atoms with Crippen LogP contribution in [0.25, 0.3) is 0 Å². The number of hydrogen-bond acceptors (Lipinski definition) is 6. The van der Waals surface area contributed by atoms with Crippen molar-refractivity contribution < 1.29 is 33.9 Å². The maximum Gasteiger partial charge on any atom is 0.318 e. The molecule has 0 saturated heterocycles. The first kappa shape index (κ1) is 16.3. The predicted octanol–water partition coefficient (Wildman–Crippen LogP) is 0.375. The largest absolute Gasteiger partial charge is 0.495 e. The van der Waals surface area contributed by atoms with Crippen molar-refractivity contribution in [1.29, 1.82) is 0 Å². The number of hydrogen-bond donors (Lipinski definition) is 2. The quantitative estimate of drug-likeness (QED) is 0.418. The van der Waals surface area contributed by atoms with Gasteiger partial charge >= 0.3 is 11.9 Å². The third-order valence-corrected chi connectivity index (χ3v) is 2.71. The second kappa shape index (κ2) is 6.59. The molecule has 0 unspecified atom stereocenters. The van der Waals surface area contributed by atoms with Crippen LogP contribution >= 0.6 is 0 Å². The molecule has 0 radical (unpaired) electrons. The summed E-state index contributed by atoms with van der Waals surface area (Å²) in [5.41, 5.74) is -0.609. The van der Waals surface area contributed by atoms with Gasteiger partial charge in [0.25, 0.3) is 0 Å². The van der Waals surface area contributed by atoms with Gasteiger partial charge in [0, 0.05) is 11.0 Å². The lowest BCUT2D eigenvalue weighted by molar-refractivity contribution is -0.484. The maximum absolute atomic E-state index is 13.9. The van der Waals surface area contributed by atoms with Crippen molar-refractivity contribution in [3.8, 4) is 5.75 Å². The van der Waals surface area contributed by atoms with Crippen LogP contribution in [0.5, 0.6) is 5.75 Å². The summed E-state index contributed by atoms with van der Waals surface area (Å²) in [6, 6.07) is 0.843. The van der Waals surface area contributed by atoms with Crippen LogP contribution in [0.4, 0.5) is 4.39 Å². The van der Waals surface area contributed by atoms with Crippen molar-refractivity contribution in [2.24, 2.45) is 5.92 Å². The highest BCUT2D eigenvalue weighted by atomic mass is 19.1. The number of aromatic nitrogens is 1. The number of rotatable bonds is 7. The molecular formula is C11H11FN2O7. The van der Waals surface area contributed by atoms with Gasteiger partial charge < -0.3 is 14.9 Å². The van der Waals surface area contributed by atoms with Gasteiger partial charge in [0.2, 0.25) is 6.54 Å². The van der Waals surface area contributed by atoms with Gasteiger partial charge in [0.1, 0.15) is 11.6 Å². The Kier molecular flexibility index (Phi) is 5.11. The molecule has 0 aliphatic heterocycles. The van der Waals surface area contributed by atoms with Crippen molar-refractivity contribution >= 4 is 11.9 Å². The molecule has 1 aromatic heterocycles. The first-order valence-electron chi connectivity index (χ1n) is 5.54. The van der Waals surface area contributed by atoms with Gasteiger partial charge in [-0.15, -0.1) is 0 Å². The van der Waals surface area contributed by atoms with Crippen LogP contribution in [0.3, 0.4) is 0 Å². The molecule has 0 aromatic carbocycles. The minimum absolute atomic E-state index is 0.0123. The SMILES string of the molecule is COc1cnc([C@H](C[N+](=O)[O-])C(C(=O)O)C(=O)O)c(F)c1. The van der Waals surface area contributed by atoms with Crippen LogP contribution in [0.2, 0.25) is 0 Å². The monoisotopic (exact) mass is 302 g/mol. The van der Waals surface area contributed by atoms with Gasteiger partial charge in [0.05, 0.1) is 24.9 Å². The maximum atomic E-state index is 13.9. The molecule has 0 amide bonds. The van der Waals surface area contributed by atoms with E-state index in [1.807, 2.05) is 0 Å². The lowest BCUT2D eigenvalue weighted by atomic mass is 9.88. The summed E-state index contributed by atoms with van der Waals surface area (Å²) in [5, 5.41) is 28.4. The highest BCUT2D eigenvalue weighted by Gasteiger charge is 2.41. The molecule has 0 bridgehead atoms. The Morgan fingerprint density at radius 2 is 2.05 bits per heavy atom. The summed E-state index contributed by atoms with van der Waals surface area (Å²) in [5.74, 6) is -8.63. The van der Waals surface area contributed by atoms with Crippen LogP contribution in [-0.2, 0) is 9.59 Å². The molecule has 0 fully saturated rings. The predicted molar refractivity (Wildman–Crippen MR) is 64.1 cm³/mol. The molecule has 1 rings (SSSR count). The summed E-state index contributed by atoms with van der Waals surface area (Å²) in [4.78, 5) is 35.2. The molecule has 0 aliphatic carbocycles. The Balaban J connectivity index is 3.33. The molecule has 2 N–H and O–H groups in total. The van der Waals surface area contributed by atoms with E-state index in [1.54, 1.807) is 0 Å². The van der Waals surface area contributed by atoms with E-state index in [0.29, 0.717) is 0 Å². The third kappa shape index (κ3) is 3.84. The van der Waals surface area contributed by atoms with Crippen molar-refractivity contribution in [3.63, 3.8) is 0 Å². The highest BCUT2D eigenvalue weighted by molar-refractivity contribution is 5.94. The number of carboxylic acids is 2. The van der Waals surface area contributed by atoms with Crippen molar-refractivity contribution in [2.75, 3.05) is 13.7 Å². The van der Waals surface area contributed by atoms with Crippen molar-refractivity contribution in [2.45, 2.75) is 5.92 Å². The number of halogens is 1. The van der Waals surface area contributed by atoms with E-state index >= 15 is 0 Å². The van der Waals surface area contributed by atoms with Crippen LogP contribution in [0.15, 0.2) is 12.3 Å². The Bertz CT molecular complexity index is 564. The number of methoxy groups -OCH3 is 1. The van der Waals surface area contributed by atoms with Crippen molar-refractivity contribution in [1.82, 2.24) is 4.98 Å². The third-order valence-electron chi connectivity index (χ3n) is 2.71. The van der Waals surface area contributed by atoms with Crippen molar-refractivity contribution in [3.05, 3.63) is 33.9 Å². The van der Waals surface area contributed by atoms with Gasteiger partial charge in [-0.25, -0.2) is 4.39 Å². The minimum Gasteiger partial charge on any atom is -0.495 e. The zero-order chi connectivity index (χ0) is 16.2. The van der Waals surface area contributed by atoms with E-state index in [1.165, 1.54) is 7.11 Å². The molecule has 21 heavy (non-hydrogen) atoms. The number of nitrogens with zero attached hydrogens (tertiary/aromatic N) is 2. The molecule has 114 valence electrons. The topological polar surface area (TPSA) is 140 Å². The van der Waals surface area contributed by atoms with Crippen LogP contribution in [-0.4, -0.2) is 45.7 Å². The fourth-order valence-corrected chi connectivity index (χ4v) is 1.78. The fourth-order valence-electron chi connectivity index (χ4n) is 1.78. The van der Waals surface area contributed by atoms with Gasteiger partial charge in [0.15, 0.2) is 5.92 Å². The lowest BCUT2D eigenvalue weighted by Gasteiger charge is -2.17. The second-order valence-electron chi connectivity index (χ2n) is 4.02. The van der Waals surface area contributed by atoms with Crippen LogP contribution < -0.4 is 4.74 Å². The molecule has 0 spiro atoms. The van der Waals surface area contributed by atoms with E-state index in [0.717, 1.165) is 12.3 Å². The van der Waals surface area contributed by atoms with Crippen LogP contribution in [0.1, 0.15) is 11.6 Å². The number of carboxylic acid groups (broad SMARTS) is 2. The molecule has 0 saturated carbocycles. The van der Waals surface area contributed by atoms with E-state index < -0.39 is 46.8 Å². The molecule has 1 aromatic rings. The van der Waals surface area contributed by atoms with Gasteiger partial charge in [-0.2, -0.15) is 0 Å². The minimum atomic E-state index is -2.19. The second-order valence-corrected chi connectivity index (χ2v) is 4.02.